The van der Waals surface area contributed by atoms with Crippen LogP contribution >= 0.6 is 0 Å². The Morgan fingerprint density at radius 2 is 1.12 bits per heavy atom. The molecule has 0 aliphatic carbocycles. The summed E-state index contributed by atoms with van der Waals surface area (Å²) >= 11 is 0. The summed E-state index contributed by atoms with van der Waals surface area (Å²) in [6.45, 7) is 0.342. The predicted octanol–water partition coefficient (Wildman–Crippen LogP) is 7.42. The Labute approximate surface area is 279 Å². The van der Waals surface area contributed by atoms with E-state index in [0.29, 0.717) is 13.0 Å². The lowest BCUT2D eigenvalue weighted by atomic mass is 9.71. The molecule has 0 radical (unpaired) electrons. The highest BCUT2D eigenvalue weighted by molar-refractivity contribution is 5.96. The van der Waals surface area contributed by atoms with Gasteiger partial charge in [0, 0.05) is 19.6 Å². The van der Waals surface area contributed by atoms with E-state index in [2.05, 4.69) is 0 Å². The first-order chi connectivity index (χ1) is 23.2. The molecule has 1 N–H and O–H groups in total. The summed E-state index contributed by atoms with van der Waals surface area (Å²) in [6.07, 6.45) is -8.82. The van der Waals surface area contributed by atoms with Crippen molar-refractivity contribution in [3.05, 3.63) is 143 Å². The van der Waals surface area contributed by atoms with Gasteiger partial charge in [0.05, 0.1) is 17.7 Å². The van der Waals surface area contributed by atoms with Crippen LogP contribution in [0, 0.1) is 5.92 Å². The molecule has 4 aromatic rings. The normalized spacial score (nSPS) is 17.4. The second-order valence-corrected chi connectivity index (χ2v) is 12.7. The maximum absolute atomic E-state index is 14.1. The largest absolute Gasteiger partial charge is 0.416 e. The highest BCUT2D eigenvalue weighted by atomic mass is 19.4. The highest BCUT2D eigenvalue weighted by Crippen LogP contribution is 2.46. The summed E-state index contributed by atoms with van der Waals surface area (Å²) in [7, 11) is 0. The maximum atomic E-state index is 14.1. The van der Waals surface area contributed by atoms with Crippen molar-refractivity contribution in [3.63, 3.8) is 0 Å². The highest BCUT2D eigenvalue weighted by Gasteiger charge is 2.50. The zero-order chi connectivity index (χ0) is 35.0. The number of piperidine rings is 1. The number of carbonyl (C=O) groups excluding carboxylic acids is 2. The van der Waals surface area contributed by atoms with Crippen LogP contribution in [0.25, 0.3) is 0 Å². The Morgan fingerprint density at radius 3 is 1.57 bits per heavy atom. The van der Waals surface area contributed by atoms with Crippen LogP contribution in [0.15, 0.2) is 109 Å². The fourth-order valence-corrected chi connectivity index (χ4v) is 7.39. The molecule has 0 atom stereocenters. The lowest BCUT2D eigenvalue weighted by Gasteiger charge is -2.43. The first kappa shape index (κ1) is 34.2. The second kappa shape index (κ2) is 13.0. The van der Waals surface area contributed by atoms with Crippen LogP contribution in [0.1, 0.15) is 52.6 Å². The third-order valence-electron chi connectivity index (χ3n) is 9.97. The Bertz CT molecular complexity index is 1700. The van der Waals surface area contributed by atoms with Crippen molar-refractivity contribution in [1.29, 1.82) is 0 Å². The first-order valence-corrected chi connectivity index (χ1v) is 16.0. The number of nitrogens with zero attached hydrogens (tertiary/aromatic N) is 2. The van der Waals surface area contributed by atoms with E-state index in [1.807, 2.05) is 60.7 Å². The maximum Gasteiger partial charge on any atom is 0.416 e. The molecular weight excluding hydrogens is 646 g/mol. The van der Waals surface area contributed by atoms with Gasteiger partial charge >= 0.3 is 12.4 Å². The Kier molecular flexibility index (Phi) is 9.08. The summed E-state index contributed by atoms with van der Waals surface area (Å²) in [5, 5.41) is 12.2. The molecule has 2 aliphatic heterocycles. The number of hydrogen-bond donors (Lipinski definition) is 1. The molecule has 11 heteroatoms. The van der Waals surface area contributed by atoms with E-state index in [-0.39, 0.29) is 55.4 Å². The van der Waals surface area contributed by atoms with Gasteiger partial charge in [0.15, 0.2) is 0 Å². The number of hydrogen-bond acceptors (Lipinski definition) is 3. The number of likely N-dealkylation sites (tertiary alicyclic amines) is 2. The minimum absolute atomic E-state index is 0.0915. The number of carbonyl (C=O) groups is 2. The predicted molar refractivity (Wildman–Crippen MR) is 170 cm³/mol. The summed E-state index contributed by atoms with van der Waals surface area (Å²) in [4.78, 5) is 30.8. The van der Waals surface area contributed by atoms with Crippen molar-refractivity contribution in [3.8, 4) is 0 Å². The first-order valence-electron chi connectivity index (χ1n) is 16.0. The number of halogens is 6. The zero-order valence-corrected chi connectivity index (χ0v) is 26.3. The lowest BCUT2D eigenvalue weighted by Crippen LogP contribution is -2.49. The fraction of sp³-hybridized carbons (Fsp3) is 0.316. The van der Waals surface area contributed by atoms with E-state index < -0.39 is 40.4 Å². The van der Waals surface area contributed by atoms with Crippen molar-refractivity contribution < 1.29 is 41.0 Å². The van der Waals surface area contributed by atoms with Gasteiger partial charge < -0.3 is 14.9 Å². The molecule has 5 nitrogen and oxygen atoms in total. The van der Waals surface area contributed by atoms with Crippen molar-refractivity contribution in [1.82, 2.24) is 9.80 Å². The van der Waals surface area contributed by atoms with E-state index in [1.54, 1.807) is 0 Å². The van der Waals surface area contributed by atoms with E-state index in [4.69, 9.17) is 0 Å². The molecule has 2 fully saturated rings. The number of benzene rings is 4. The lowest BCUT2D eigenvalue weighted by molar-refractivity contribution is -0.141. The van der Waals surface area contributed by atoms with Crippen LogP contribution in [0.2, 0.25) is 0 Å². The van der Waals surface area contributed by atoms with Gasteiger partial charge in [-0.3, -0.25) is 9.59 Å². The third kappa shape index (κ3) is 6.44. The fourth-order valence-electron chi connectivity index (χ4n) is 7.39. The summed E-state index contributed by atoms with van der Waals surface area (Å²) in [5.74, 6) is -1.34. The number of alkyl halides is 6. The van der Waals surface area contributed by atoms with Gasteiger partial charge in [-0.25, -0.2) is 0 Å². The molecule has 4 aromatic carbocycles. The molecule has 49 heavy (non-hydrogen) atoms. The number of aliphatic hydroxyl groups is 1. The molecule has 0 bridgehead atoms. The van der Waals surface area contributed by atoms with Gasteiger partial charge in [-0.1, -0.05) is 84.9 Å². The standard InChI is InChI=1S/C38H34F6N2O3/c39-37(40,41)31-15-7-13-29(23-31)36(49,30-14-8-16-32(24-30)38(42,43)44)28-17-20-45(21-18-28)33(47)25-46-22-19-35(34(46)48,26-9-3-1-4-10-26)27-11-5-2-6-12-27/h1-16,23-24,28,49H,17-22,25H2. The van der Waals surface area contributed by atoms with Gasteiger partial charge in [0.25, 0.3) is 0 Å². The molecule has 2 amide bonds. The van der Waals surface area contributed by atoms with Crippen LogP contribution in [0.3, 0.4) is 0 Å². The molecule has 2 aliphatic rings. The Balaban J connectivity index is 1.23. The molecule has 0 spiro atoms. The zero-order valence-electron chi connectivity index (χ0n) is 26.3. The average Bonchev–Trinajstić information content (AvgIpc) is 3.44. The van der Waals surface area contributed by atoms with Gasteiger partial charge in [-0.05, 0) is 71.7 Å². The molecule has 0 unspecified atom stereocenters. The van der Waals surface area contributed by atoms with E-state index in [9.17, 15) is 41.0 Å². The van der Waals surface area contributed by atoms with Gasteiger partial charge in [-0.2, -0.15) is 26.3 Å². The molecule has 2 saturated heterocycles. The van der Waals surface area contributed by atoms with Crippen LogP contribution in [0.4, 0.5) is 26.3 Å². The van der Waals surface area contributed by atoms with Gasteiger partial charge in [0.1, 0.15) is 11.0 Å². The van der Waals surface area contributed by atoms with Crippen LogP contribution < -0.4 is 0 Å². The van der Waals surface area contributed by atoms with Crippen LogP contribution in [-0.2, 0) is 33.0 Å². The minimum atomic E-state index is -4.74. The van der Waals surface area contributed by atoms with Gasteiger partial charge in [0.2, 0.25) is 11.8 Å². The van der Waals surface area contributed by atoms with E-state index in [0.717, 1.165) is 47.5 Å². The van der Waals surface area contributed by atoms with Crippen molar-refractivity contribution in [2.24, 2.45) is 5.92 Å². The Hall–Kier alpha value is -4.64. The van der Waals surface area contributed by atoms with E-state index in [1.165, 1.54) is 21.9 Å². The molecule has 256 valence electrons. The average molecular weight is 681 g/mol. The summed E-state index contributed by atoms with van der Waals surface area (Å²) in [6, 6.07) is 26.8. The van der Waals surface area contributed by atoms with Gasteiger partial charge in [-0.15, -0.1) is 0 Å². The molecular formula is C38H34F6N2O3. The van der Waals surface area contributed by atoms with Crippen molar-refractivity contribution >= 4 is 11.8 Å². The molecule has 0 aromatic heterocycles. The molecule has 6 rings (SSSR count). The quantitative estimate of drug-likeness (QED) is 0.207. The minimum Gasteiger partial charge on any atom is -0.380 e. The smallest absolute Gasteiger partial charge is 0.380 e. The van der Waals surface area contributed by atoms with Crippen LogP contribution in [-0.4, -0.2) is 52.9 Å². The summed E-state index contributed by atoms with van der Waals surface area (Å²) in [5.41, 5.74) is -3.98. The molecule has 2 heterocycles. The van der Waals surface area contributed by atoms with Crippen molar-refractivity contribution in [2.45, 2.75) is 42.6 Å². The molecule has 0 saturated carbocycles. The Morgan fingerprint density at radius 1 is 0.673 bits per heavy atom. The summed E-state index contributed by atoms with van der Waals surface area (Å²) < 4.78 is 82.2. The van der Waals surface area contributed by atoms with Crippen molar-refractivity contribution in [2.75, 3.05) is 26.2 Å². The number of rotatable bonds is 7. The second-order valence-electron chi connectivity index (χ2n) is 12.7. The SMILES string of the molecule is O=C(CN1CCC(c2ccccc2)(c2ccccc2)C1=O)N1CCC(C(O)(c2cccc(C(F)(F)F)c2)c2cccc(C(F)(F)F)c2)CC1. The monoisotopic (exact) mass is 680 g/mol. The topological polar surface area (TPSA) is 60.9 Å². The van der Waals surface area contributed by atoms with E-state index >= 15 is 0 Å². The number of amides is 2. The third-order valence-corrected chi connectivity index (χ3v) is 9.97. The van der Waals surface area contributed by atoms with Crippen LogP contribution in [0.5, 0.6) is 0 Å².